The van der Waals surface area contributed by atoms with Gasteiger partial charge in [-0.15, -0.1) is 0 Å². The van der Waals surface area contributed by atoms with Crippen molar-refractivity contribution in [3.05, 3.63) is 29.8 Å². The number of ether oxygens (including phenoxy) is 1. The highest BCUT2D eigenvalue weighted by atomic mass is 16.5. The first kappa shape index (κ1) is 16.9. The van der Waals surface area contributed by atoms with E-state index < -0.39 is 5.60 Å². The molecule has 4 heteroatoms. The van der Waals surface area contributed by atoms with Crippen LogP contribution in [-0.2, 0) is 4.79 Å². The molecule has 1 aromatic rings. The first-order chi connectivity index (χ1) is 11.8. The highest BCUT2D eigenvalue weighted by Crippen LogP contribution is 2.47. The zero-order chi connectivity index (χ0) is 17.7. The Bertz CT molecular complexity index is 628. The highest BCUT2D eigenvalue weighted by molar-refractivity contribution is 5.81. The number of hydrogen-bond acceptors (Lipinski definition) is 3. The Morgan fingerprint density at radius 2 is 1.76 bits per heavy atom. The molecule has 1 spiro atoms. The van der Waals surface area contributed by atoms with Crippen LogP contribution in [0.2, 0.25) is 0 Å². The van der Waals surface area contributed by atoms with Crippen molar-refractivity contribution in [3.63, 3.8) is 0 Å². The smallest absolute Gasteiger partial charge is 0.225 e. The minimum Gasteiger partial charge on any atom is -0.490 e. The van der Waals surface area contributed by atoms with Crippen LogP contribution in [0.25, 0.3) is 0 Å². The first-order valence-corrected chi connectivity index (χ1v) is 9.59. The summed E-state index contributed by atoms with van der Waals surface area (Å²) < 4.78 is 6.13. The molecule has 0 atom stereocenters. The molecule has 1 aliphatic heterocycles. The van der Waals surface area contributed by atoms with Crippen molar-refractivity contribution < 1.29 is 14.6 Å². The van der Waals surface area contributed by atoms with Gasteiger partial charge in [0.2, 0.25) is 5.91 Å². The van der Waals surface area contributed by atoms with E-state index in [-0.39, 0.29) is 11.8 Å². The Hall–Kier alpha value is -1.55. The molecule has 4 nitrogen and oxygen atoms in total. The Morgan fingerprint density at radius 3 is 2.32 bits per heavy atom. The summed E-state index contributed by atoms with van der Waals surface area (Å²) in [6, 6.07) is 8.29. The lowest BCUT2D eigenvalue weighted by atomic mass is 9.66. The van der Waals surface area contributed by atoms with E-state index >= 15 is 0 Å². The Kier molecular flexibility index (Phi) is 4.06. The quantitative estimate of drug-likeness (QED) is 0.916. The number of amides is 1. The monoisotopic (exact) mass is 343 g/mol. The molecule has 1 heterocycles. The van der Waals surface area contributed by atoms with Gasteiger partial charge in [-0.05, 0) is 64.5 Å². The number of benzene rings is 1. The average Bonchev–Trinajstić information content (AvgIpc) is 2.53. The summed E-state index contributed by atoms with van der Waals surface area (Å²) >= 11 is 0. The van der Waals surface area contributed by atoms with Gasteiger partial charge in [0.25, 0.3) is 0 Å². The third-order valence-electron chi connectivity index (χ3n) is 6.40. The van der Waals surface area contributed by atoms with Crippen LogP contribution in [0.15, 0.2) is 24.3 Å². The molecule has 3 aliphatic rings. The van der Waals surface area contributed by atoms with Gasteiger partial charge in [-0.25, -0.2) is 0 Å². The average molecular weight is 343 g/mol. The predicted octanol–water partition coefficient (Wildman–Crippen LogP) is 3.31. The molecular formula is C21H29NO3. The van der Waals surface area contributed by atoms with Crippen molar-refractivity contribution in [1.82, 2.24) is 4.90 Å². The van der Waals surface area contributed by atoms with Gasteiger partial charge in [0.15, 0.2) is 0 Å². The van der Waals surface area contributed by atoms with Gasteiger partial charge in [-0.1, -0.05) is 17.7 Å². The minimum atomic E-state index is -0.617. The van der Waals surface area contributed by atoms with E-state index in [9.17, 15) is 9.90 Å². The van der Waals surface area contributed by atoms with E-state index in [4.69, 9.17) is 4.74 Å². The molecule has 2 saturated carbocycles. The molecule has 0 aromatic heterocycles. The zero-order valence-electron chi connectivity index (χ0n) is 15.3. The van der Waals surface area contributed by atoms with Crippen LogP contribution in [0.1, 0.15) is 51.0 Å². The van der Waals surface area contributed by atoms with Crippen LogP contribution in [0, 0.1) is 18.3 Å². The maximum atomic E-state index is 12.4. The van der Waals surface area contributed by atoms with Crippen molar-refractivity contribution in [1.29, 1.82) is 0 Å². The van der Waals surface area contributed by atoms with Crippen LogP contribution in [0.4, 0.5) is 0 Å². The van der Waals surface area contributed by atoms with Gasteiger partial charge in [0, 0.05) is 24.4 Å². The van der Waals surface area contributed by atoms with Crippen LogP contribution in [0.3, 0.4) is 0 Å². The molecule has 25 heavy (non-hydrogen) atoms. The normalized spacial score (nSPS) is 31.3. The highest BCUT2D eigenvalue weighted by Gasteiger charge is 2.51. The van der Waals surface area contributed by atoms with Gasteiger partial charge in [-0.2, -0.15) is 0 Å². The van der Waals surface area contributed by atoms with E-state index in [1.54, 1.807) is 0 Å². The zero-order valence-corrected chi connectivity index (χ0v) is 15.3. The molecule has 2 aliphatic carbocycles. The maximum Gasteiger partial charge on any atom is 0.225 e. The fraction of sp³-hybridized carbons (Fsp3) is 0.667. The van der Waals surface area contributed by atoms with E-state index in [1.165, 1.54) is 5.56 Å². The maximum absolute atomic E-state index is 12.4. The van der Waals surface area contributed by atoms with E-state index in [1.807, 2.05) is 11.8 Å². The number of carbonyl (C=O) groups is 1. The van der Waals surface area contributed by atoms with Gasteiger partial charge in [-0.3, -0.25) is 4.79 Å². The van der Waals surface area contributed by atoms with Crippen LogP contribution in [0.5, 0.6) is 5.75 Å². The summed E-state index contributed by atoms with van der Waals surface area (Å²) in [6.45, 7) is 5.72. The third kappa shape index (κ3) is 3.41. The molecule has 1 amide bonds. The van der Waals surface area contributed by atoms with Gasteiger partial charge in [0.05, 0.1) is 11.7 Å². The minimum absolute atomic E-state index is 0.0496. The Balaban J connectivity index is 1.23. The van der Waals surface area contributed by atoms with Crippen LogP contribution < -0.4 is 4.74 Å². The number of carbonyl (C=O) groups excluding carboxylic acids is 1. The van der Waals surface area contributed by atoms with Crippen LogP contribution in [-0.4, -0.2) is 40.7 Å². The molecule has 4 rings (SSSR count). The summed E-state index contributed by atoms with van der Waals surface area (Å²) in [7, 11) is 0. The molecule has 136 valence electrons. The van der Waals surface area contributed by atoms with Crippen molar-refractivity contribution in [3.8, 4) is 5.75 Å². The summed E-state index contributed by atoms with van der Waals surface area (Å²) in [4.78, 5) is 14.5. The lowest BCUT2D eigenvalue weighted by molar-refractivity contribution is -0.164. The lowest BCUT2D eigenvalue weighted by Crippen LogP contribution is -2.63. The second-order valence-corrected chi connectivity index (χ2v) is 8.93. The molecule has 3 fully saturated rings. The van der Waals surface area contributed by atoms with Crippen molar-refractivity contribution >= 4 is 5.91 Å². The van der Waals surface area contributed by atoms with Gasteiger partial charge in [0.1, 0.15) is 5.75 Å². The number of likely N-dealkylation sites (tertiary alicyclic amines) is 1. The molecule has 1 saturated heterocycles. The number of nitrogens with zero attached hydrogens (tertiary/aromatic N) is 1. The van der Waals surface area contributed by atoms with E-state index in [2.05, 4.69) is 31.2 Å². The summed E-state index contributed by atoms with van der Waals surface area (Å²) in [6.07, 6.45) is 6.01. The number of aryl methyl sites for hydroxylation is 1. The number of aliphatic hydroxyl groups is 1. The predicted molar refractivity (Wildman–Crippen MR) is 96.4 cm³/mol. The first-order valence-electron chi connectivity index (χ1n) is 9.59. The van der Waals surface area contributed by atoms with Gasteiger partial charge >= 0.3 is 0 Å². The summed E-state index contributed by atoms with van der Waals surface area (Å²) in [5.74, 6) is 1.28. The molecular weight excluding hydrogens is 314 g/mol. The van der Waals surface area contributed by atoms with Crippen molar-refractivity contribution in [2.45, 2.75) is 64.1 Å². The van der Waals surface area contributed by atoms with E-state index in [0.29, 0.717) is 24.4 Å². The summed E-state index contributed by atoms with van der Waals surface area (Å²) in [5, 5.41) is 9.83. The second-order valence-electron chi connectivity index (χ2n) is 8.93. The second kappa shape index (κ2) is 6.01. The molecule has 1 aromatic carbocycles. The largest absolute Gasteiger partial charge is 0.490 e. The SMILES string of the molecule is Cc1ccc(OC2CCC3(CC2)CN(C(=O)[C@H]2C[C@@](C)(O)C2)C3)cc1. The number of rotatable bonds is 3. The fourth-order valence-electron chi connectivity index (χ4n) is 4.80. The van der Waals surface area contributed by atoms with E-state index in [0.717, 1.165) is 44.5 Å². The topological polar surface area (TPSA) is 49.8 Å². The van der Waals surface area contributed by atoms with Gasteiger partial charge < -0.3 is 14.7 Å². The van der Waals surface area contributed by atoms with Crippen molar-refractivity contribution in [2.24, 2.45) is 11.3 Å². The van der Waals surface area contributed by atoms with Crippen molar-refractivity contribution in [2.75, 3.05) is 13.1 Å². The fourth-order valence-corrected chi connectivity index (χ4v) is 4.80. The standard InChI is InChI=1S/C21H29NO3/c1-15-3-5-17(6-4-15)25-18-7-9-21(10-8-18)13-22(14-21)19(23)16-11-20(2,24)12-16/h3-6,16,18,24H,7-14H2,1-2H3/t16-,20+. The Morgan fingerprint density at radius 1 is 1.16 bits per heavy atom. The van der Waals surface area contributed by atoms with Crippen LogP contribution >= 0.6 is 0 Å². The molecule has 0 radical (unpaired) electrons. The lowest BCUT2D eigenvalue weighted by Gasteiger charge is -2.55. The molecule has 1 N–H and O–H groups in total. The molecule has 0 unspecified atom stereocenters. The molecule has 0 bridgehead atoms. The summed E-state index contributed by atoms with van der Waals surface area (Å²) in [5.41, 5.74) is 0.964. The Labute approximate surface area is 150 Å². The number of hydrogen-bond donors (Lipinski definition) is 1. The third-order valence-corrected chi connectivity index (χ3v) is 6.40.